The third-order valence-corrected chi connectivity index (χ3v) is 5.87. The average Bonchev–Trinajstić information content (AvgIpc) is 2.60. The first kappa shape index (κ1) is 18.7. The van der Waals surface area contributed by atoms with Crippen molar-refractivity contribution in [3.63, 3.8) is 0 Å². The lowest BCUT2D eigenvalue weighted by atomic mass is 10.0. The van der Waals surface area contributed by atoms with E-state index in [9.17, 15) is 26.4 Å². The van der Waals surface area contributed by atoms with Crippen molar-refractivity contribution in [1.82, 2.24) is 4.31 Å². The number of carbonyl (C=O) groups is 1. The largest absolute Gasteiger partial charge is 0.478 e. The standard InChI is InChI=1S/C15H14F3NO6S/c16-15(17,18)13-11(14(20)21)8-9-7-10(1-2-12(9)25-13)26(22,23)19-3-5-24-6-4-19/h1-2,7-8,13H,3-6H2,(H,20,21). The van der Waals surface area contributed by atoms with Crippen molar-refractivity contribution in [3.05, 3.63) is 29.3 Å². The first-order chi connectivity index (χ1) is 12.1. The van der Waals surface area contributed by atoms with Gasteiger partial charge in [-0.25, -0.2) is 13.2 Å². The SMILES string of the molecule is O=C(O)C1=Cc2cc(S(=O)(=O)N3CCOCC3)ccc2OC1C(F)(F)F. The Morgan fingerprint density at radius 2 is 1.88 bits per heavy atom. The molecule has 0 aromatic heterocycles. The zero-order valence-electron chi connectivity index (χ0n) is 13.2. The number of halogens is 3. The summed E-state index contributed by atoms with van der Waals surface area (Å²) >= 11 is 0. The Morgan fingerprint density at radius 3 is 2.46 bits per heavy atom. The van der Waals surface area contributed by atoms with Crippen LogP contribution in [0.15, 0.2) is 28.7 Å². The smallest absolute Gasteiger partial charge is 0.430 e. The molecule has 1 fully saturated rings. The maximum atomic E-state index is 13.0. The lowest BCUT2D eigenvalue weighted by Crippen LogP contribution is -2.41. The number of aliphatic carboxylic acids is 1. The van der Waals surface area contributed by atoms with Crippen LogP contribution in [0.3, 0.4) is 0 Å². The van der Waals surface area contributed by atoms with Gasteiger partial charge in [0.25, 0.3) is 0 Å². The van der Waals surface area contributed by atoms with Crippen molar-refractivity contribution in [2.45, 2.75) is 17.2 Å². The number of ether oxygens (including phenoxy) is 2. The minimum absolute atomic E-state index is 0.0442. The van der Waals surface area contributed by atoms with E-state index < -0.39 is 33.8 Å². The van der Waals surface area contributed by atoms with Gasteiger partial charge in [0.05, 0.1) is 23.7 Å². The van der Waals surface area contributed by atoms with E-state index in [0.29, 0.717) is 0 Å². The second-order valence-corrected chi connectivity index (χ2v) is 7.60. The highest BCUT2D eigenvalue weighted by Crippen LogP contribution is 2.38. The number of morpholine rings is 1. The van der Waals surface area contributed by atoms with Crippen LogP contribution in [-0.4, -0.2) is 62.4 Å². The van der Waals surface area contributed by atoms with E-state index >= 15 is 0 Å². The lowest BCUT2D eigenvalue weighted by Gasteiger charge is -2.28. The molecule has 0 bridgehead atoms. The molecular weight excluding hydrogens is 379 g/mol. The van der Waals surface area contributed by atoms with Gasteiger partial charge in [-0.15, -0.1) is 0 Å². The van der Waals surface area contributed by atoms with Crippen LogP contribution in [0.25, 0.3) is 6.08 Å². The number of carboxylic acids is 1. The highest BCUT2D eigenvalue weighted by molar-refractivity contribution is 7.89. The van der Waals surface area contributed by atoms with E-state index in [1.165, 1.54) is 4.31 Å². The Hall–Kier alpha value is -2.11. The normalized spacial score (nSPS) is 21.5. The summed E-state index contributed by atoms with van der Waals surface area (Å²) in [5.41, 5.74) is -1.05. The van der Waals surface area contributed by atoms with E-state index in [1.807, 2.05) is 0 Å². The molecule has 1 unspecified atom stereocenters. The number of rotatable bonds is 3. The van der Waals surface area contributed by atoms with Crippen LogP contribution in [0.5, 0.6) is 5.75 Å². The zero-order valence-corrected chi connectivity index (χ0v) is 14.0. The van der Waals surface area contributed by atoms with Gasteiger partial charge in [0.15, 0.2) is 0 Å². The predicted octanol–water partition coefficient (Wildman–Crippen LogP) is 1.50. The maximum Gasteiger partial charge on any atom is 0.430 e. The van der Waals surface area contributed by atoms with E-state index in [1.54, 1.807) is 0 Å². The van der Waals surface area contributed by atoms with Gasteiger partial charge in [-0.3, -0.25) is 0 Å². The van der Waals surface area contributed by atoms with Gasteiger partial charge in [0, 0.05) is 18.7 Å². The molecule has 0 aliphatic carbocycles. The van der Waals surface area contributed by atoms with Gasteiger partial charge in [0.2, 0.25) is 16.1 Å². The predicted molar refractivity (Wildman–Crippen MR) is 82.1 cm³/mol. The van der Waals surface area contributed by atoms with Crippen molar-refractivity contribution < 1.29 is 41.0 Å². The summed E-state index contributed by atoms with van der Waals surface area (Å²) in [6.07, 6.45) is -6.74. The second-order valence-electron chi connectivity index (χ2n) is 5.66. The van der Waals surface area contributed by atoms with E-state index in [4.69, 9.17) is 14.6 Å². The number of sulfonamides is 1. The molecule has 0 spiro atoms. The van der Waals surface area contributed by atoms with Crippen LogP contribution in [0, 0.1) is 0 Å². The molecule has 7 nitrogen and oxygen atoms in total. The van der Waals surface area contributed by atoms with Crippen LogP contribution in [0.4, 0.5) is 13.2 Å². The summed E-state index contributed by atoms with van der Waals surface area (Å²) in [5, 5.41) is 9.04. The van der Waals surface area contributed by atoms with Crippen molar-refractivity contribution >= 4 is 22.1 Å². The first-order valence-corrected chi connectivity index (χ1v) is 8.95. The molecule has 2 heterocycles. The number of alkyl halides is 3. The second kappa shape index (κ2) is 6.56. The van der Waals surface area contributed by atoms with Gasteiger partial charge >= 0.3 is 12.1 Å². The van der Waals surface area contributed by atoms with Crippen LogP contribution in [0.1, 0.15) is 5.56 Å². The molecule has 11 heteroatoms. The molecule has 0 amide bonds. The zero-order chi connectivity index (χ0) is 19.1. The number of fused-ring (bicyclic) bond motifs is 1. The quantitative estimate of drug-likeness (QED) is 0.837. The molecule has 1 atom stereocenters. The molecule has 1 aromatic carbocycles. The maximum absolute atomic E-state index is 13.0. The molecule has 1 aromatic rings. The summed E-state index contributed by atoms with van der Waals surface area (Å²) in [4.78, 5) is 11.0. The molecule has 26 heavy (non-hydrogen) atoms. The van der Waals surface area contributed by atoms with Gasteiger partial charge < -0.3 is 14.6 Å². The molecule has 2 aliphatic heterocycles. The first-order valence-electron chi connectivity index (χ1n) is 7.51. The van der Waals surface area contributed by atoms with E-state index in [2.05, 4.69) is 0 Å². The third kappa shape index (κ3) is 3.41. The highest BCUT2D eigenvalue weighted by Gasteiger charge is 2.48. The Morgan fingerprint density at radius 1 is 1.23 bits per heavy atom. The molecular formula is C15H14F3NO6S. The summed E-state index contributed by atoms with van der Waals surface area (Å²) in [6.45, 7) is 0.789. The molecule has 1 saturated heterocycles. The Kier molecular flexibility index (Phi) is 4.71. The van der Waals surface area contributed by atoms with Crippen molar-refractivity contribution in [2.75, 3.05) is 26.3 Å². The molecule has 142 valence electrons. The summed E-state index contributed by atoms with van der Waals surface area (Å²) in [5.74, 6) is -2.03. The molecule has 0 radical (unpaired) electrons. The fourth-order valence-electron chi connectivity index (χ4n) is 2.69. The Labute approximate surface area is 146 Å². The fraction of sp³-hybridized carbons (Fsp3) is 0.400. The number of benzene rings is 1. The minimum atomic E-state index is -4.92. The molecule has 0 saturated carbocycles. The van der Waals surface area contributed by atoms with Crippen LogP contribution >= 0.6 is 0 Å². The summed E-state index contributed by atoms with van der Waals surface area (Å²) in [6, 6.07) is 3.34. The number of hydrogen-bond acceptors (Lipinski definition) is 5. The van der Waals surface area contributed by atoms with Crippen molar-refractivity contribution in [3.8, 4) is 5.75 Å². The van der Waals surface area contributed by atoms with Crippen molar-refractivity contribution in [1.29, 1.82) is 0 Å². The van der Waals surface area contributed by atoms with Gasteiger partial charge in [-0.2, -0.15) is 17.5 Å². The minimum Gasteiger partial charge on any atom is -0.478 e. The van der Waals surface area contributed by atoms with Gasteiger partial charge in [-0.05, 0) is 24.3 Å². The summed E-state index contributed by atoms with van der Waals surface area (Å²) < 4.78 is 75.4. The number of carboxylic acid groups (broad SMARTS) is 1. The number of nitrogens with zero attached hydrogens (tertiary/aromatic N) is 1. The van der Waals surface area contributed by atoms with E-state index in [-0.39, 0.29) is 42.5 Å². The molecule has 1 N–H and O–H groups in total. The van der Waals surface area contributed by atoms with Crippen LogP contribution in [-0.2, 0) is 19.6 Å². The van der Waals surface area contributed by atoms with Crippen LogP contribution in [0.2, 0.25) is 0 Å². The van der Waals surface area contributed by atoms with Crippen molar-refractivity contribution in [2.24, 2.45) is 0 Å². The fourth-order valence-corrected chi connectivity index (χ4v) is 4.14. The van der Waals surface area contributed by atoms with Gasteiger partial charge in [0.1, 0.15) is 5.75 Å². The average molecular weight is 393 g/mol. The topological polar surface area (TPSA) is 93.1 Å². The molecule has 2 aliphatic rings. The monoisotopic (exact) mass is 393 g/mol. The number of hydrogen-bond donors (Lipinski definition) is 1. The lowest BCUT2D eigenvalue weighted by molar-refractivity contribution is -0.187. The van der Waals surface area contributed by atoms with Crippen LogP contribution < -0.4 is 4.74 Å². The van der Waals surface area contributed by atoms with E-state index in [0.717, 1.165) is 24.3 Å². The molecule has 3 rings (SSSR count). The van der Waals surface area contributed by atoms with Gasteiger partial charge in [-0.1, -0.05) is 0 Å². The third-order valence-electron chi connectivity index (χ3n) is 3.97. The highest BCUT2D eigenvalue weighted by atomic mass is 32.2. The Balaban J connectivity index is 2.01. The summed E-state index contributed by atoms with van der Waals surface area (Å²) in [7, 11) is -3.88. The Bertz CT molecular complexity index is 859.